The van der Waals surface area contributed by atoms with Crippen LogP contribution in [0, 0.1) is 0 Å². The van der Waals surface area contributed by atoms with Crippen LogP contribution < -0.4 is 5.32 Å². The first-order chi connectivity index (χ1) is 12.2. The van der Waals surface area contributed by atoms with Gasteiger partial charge in [0.1, 0.15) is 6.10 Å². The summed E-state index contributed by atoms with van der Waals surface area (Å²) in [4.78, 5) is 22.6. The van der Waals surface area contributed by atoms with Gasteiger partial charge in [0, 0.05) is 6.42 Å². The molecule has 1 fully saturated rings. The van der Waals surface area contributed by atoms with E-state index in [0.29, 0.717) is 6.42 Å². The zero-order chi connectivity index (χ0) is 18.3. The molecule has 0 aromatic rings. The van der Waals surface area contributed by atoms with E-state index in [-0.39, 0.29) is 24.2 Å². The number of rotatable bonds is 15. The molecule has 0 saturated carbocycles. The fourth-order valence-electron chi connectivity index (χ4n) is 3.41. The standard InChI is InChI=1S/C20H37NO4/c1-3-4-5-6-8-11-14-17-18(25-20(23)21-17)15-12-9-7-10-13-16-19(22)24-2/h17-18H,3-16H2,1-2H3,(H,21,23). The monoisotopic (exact) mass is 355 g/mol. The van der Waals surface area contributed by atoms with Crippen molar-refractivity contribution >= 4 is 12.1 Å². The number of ether oxygens (including phenoxy) is 2. The van der Waals surface area contributed by atoms with Crippen molar-refractivity contribution in [3.05, 3.63) is 0 Å². The Morgan fingerprint density at radius 1 is 0.960 bits per heavy atom. The maximum absolute atomic E-state index is 11.5. The van der Waals surface area contributed by atoms with Gasteiger partial charge in [0.2, 0.25) is 0 Å². The molecule has 1 aliphatic rings. The molecule has 0 aliphatic carbocycles. The SMILES string of the molecule is CCCCCCCCC1NC(=O)OC1CCCCCCCC(=O)OC. The van der Waals surface area contributed by atoms with Crippen LogP contribution in [0.5, 0.6) is 0 Å². The molecule has 2 atom stereocenters. The molecule has 0 aromatic heterocycles. The lowest BCUT2D eigenvalue weighted by atomic mass is 9.98. The van der Waals surface area contributed by atoms with Crippen LogP contribution in [0.4, 0.5) is 4.79 Å². The number of hydrogen-bond acceptors (Lipinski definition) is 4. The number of hydrogen-bond donors (Lipinski definition) is 1. The number of carbonyl (C=O) groups excluding carboxylic acids is 2. The summed E-state index contributed by atoms with van der Waals surface area (Å²) in [6.45, 7) is 2.23. The number of alkyl carbamates (subject to hydrolysis) is 1. The van der Waals surface area contributed by atoms with Crippen LogP contribution in [0.2, 0.25) is 0 Å². The first-order valence-corrected chi connectivity index (χ1v) is 10.2. The lowest BCUT2D eigenvalue weighted by Crippen LogP contribution is -2.31. The minimum atomic E-state index is -0.251. The Labute approximate surface area is 153 Å². The quantitative estimate of drug-likeness (QED) is 0.327. The Morgan fingerprint density at radius 2 is 1.56 bits per heavy atom. The second-order valence-electron chi connectivity index (χ2n) is 7.13. The van der Waals surface area contributed by atoms with Crippen molar-refractivity contribution in [2.24, 2.45) is 0 Å². The third-order valence-corrected chi connectivity index (χ3v) is 4.98. The number of carbonyl (C=O) groups is 2. The van der Waals surface area contributed by atoms with E-state index in [2.05, 4.69) is 17.0 Å². The third-order valence-electron chi connectivity index (χ3n) is 4.98. The summed E-state index contributed by atoms with van der Waals surface area (Å²) in [6.07, 6.45) is 15.2. The fraction of sp³-hybridized carbons (Fsp3) is 0.900. The van der Waals surface area contributed by atoms with Crippen LogP contribution in [0.15, 0.2) is 0 Å². The van der Waals surface area contributed by atoms with Crippen LogP contribution in [0.1, 0.15) is 96.8 Å². The highest BCUT2D eigenvalue weighted by molar-refractivity contribution is 5.70. The van der Waals surface area contributed by atoms with Gasteiger partial charge in [0.05, 0.1) is 13.2 Å². The second-order valence-corrected chi connectivity index (χ2v) is 7.13. The minimum absolute atomic E-state index is 0.0400. The first kappa shape index (κ1) is 21.8. The molecular formula is C20H37NO4. The zero-order valence-electron chi connectivity index (χ0n) is 16.2. The molecule has 0 spiro atoms. The van der Waals surface area contributed by atoms with E-state index in [1.807, 2.05) is 0 Å². The van der Waals surface area contributed by atoms with Crippen molar-refractivity contribution in [3.8, 4) is 0 Å². The van der Waals surface area contributed by atoms with Crippen molar-refractivity contribution in [2.75, 3.05) is 7.11 Å². The van der Waals surface area contributed by atoms with E-state index in [4.69, 9.17) is 4.74 Å². The van der Waals surface area contributed by atoms with Crippen LogP contribution in [-0.2, 0) is 14.3 Å². The Hall–Kier alpha value is -1.26. The predicted octanol–water partition coefficient (Wildman–Crippen LogP) is 5.12. The lowest BCUT2D eigenvalue weighted by Gasteiger charge is -2.16. The molecule has 5 heteroatoms. The minimum Gasteiger partial charge on any atom is -0.469 e. The molecule has 1 N–H and O–H groups in total. The summed E-state index contributed by atoms with van der Waals surface area (Å²) >= 11 is 0. The molecule has 1 saturated heterocycles. The van der Waals surface area contributed by atoms with Crippen molar-refractivity contribution in [2.45, 2.75) is 109 Å². The maximum Gasteiger partial charge on any atom is 0.407 e. The maximum atomic E-state index is 11.5. The number of unbranched alkanes of at least 4 members (excludes halogenated alkanes) is 9. The van der Waals surface area contributed by atoms with Gasteiger partial charge in [-0.05, 0) is 25.7 Å². The topological polar surface area (TPSA) is 64.6 Å². The molecule has 0 bridgehead atoms. The van der Waals surface area contributed by atoms with E-state index in [0.717, 1.165) is 44.9 Å². The average Bonchev–Trinajstić information content (AvgIpc) is 2.96. The normalized spacial score (nSPS) is 19.5. The number of nitrogens with one attached hydrogen (secondary N) is 1. The summed E-state index contributed by atoms with van der Waals surface area (Å²) in [5.41, 5.74) is 0. The summed E-state index contributed by atoms with van der Waals surface area (Å²) in [7, 11) is 1.43. The predicted molar refractivity (Wildman–Crippen MR) is 99.5 cm³/mol. The van der Waals surface area contributed by atoms with Gasteiger partial charge < -0.3 is 14.8 Å². The van der Waals surface area contributed by atoms with Gasteiger partial charge in [-0.3, -0.25) is 4.79 Å². The van der Waals surface area contributed by atoms with E-state index in [9.17, 15) is 9.59 Å². The molecule has 146 valence electrons. The van der Waals surface area contributed by atoms with Crippen molar-refractivity contribution in [1.82, 2.24) is 5.32 Å². The van der Waals surface area contributed by atoms with Crippen molar-refractivity contribution in [1.29, 1.82) is 0 Å². The highest BCUT2D eigenvalue weighted by atomic mass is 16.6. The molecule has 25 heavy (non-hydrogen) atoms. The lowest BCUT2D eigenvalue weighted by molar-refractivity contribution is -0.140. The van der Waals surface area contributed by atoms with E-state index in [1.165, 1.54) is 45.6 Å². The van der Waals surface area contributed by atoms with Gasteiger partial charge in [0.25, 0.3) is 0 Å². The molecule has 1 aliphatic heterocycles. The number of esters is 1. The van der Waals surface area contributed by atoms with E-state index >= 15 is 0 Å². The summed E-state index contributed by atoms with van der Waals surface area (Å²) in [5, 5.41) is 2.97. The Bertz CT molecular complexity index is 373. The highest BCUT2D eigenvalue weighted by Gasteiger charge is 2.32. The molecular weight excluding hydrogens is 318 g/mol. The molecule has 0 radical (unpaired) electrons. The number of methoxy groups -OCH3 is 1. The van der Waals surface area contributed by atoms with Gasteiger partial charge in [-0.25, -0.2) is 4.79 Å². The molecule has 1 heterocycles. The van der Waals surface area contributed by atoms with Gasteiger partial charge in [-0.1, -0.05) is 64.7 Å². The fourth-order valence-corrected chi connectivity index (χ4v) is 3.41. The Morgan fingerprint density at radius 3 is 2.24 bits per heavy atom. The van der Waals surface area contributed by atoms with Crippen LogP contribution in [-0.4, -0.2) is 31.3 Å². The third kappa shape index (κ3) is 10.4. The first-order valence-electron chi connectivity index (χ1n) is 10.2. The van der Waals surface area contributed by atoms with E-state index < -0.39 is 0 Å². The molecule has 1 rings (SSSR count). The van der Waals surface area contributed by atoms with Crippen LogP contribution in [0.3, 0.4) is 0 Å². The van der Waals surface area contributed by atoms with Crippen molar-refractivity contribution in [3.63, 3.8) is 0 Å². The molecule has 5 nitrogen and oxygen atoms in total. The summed E-state index contributed by atoms with van der Waals surface area (Å²) in [5.74, 6) is -0.124. The molecule has 1 amide bonds. The Balaban J connectivity index is 2.06. The summed E-state index contributed by atoms with van der Waals surface area (Å²) < 4.78 is 10.1. The molecule has 2 unspecified atom stereocenters. The van der Waals surface area contributed by atoms with Crippen LogP contribution >= 0.6 is 0 Å². The average molecular weight is 356 g/mol. The second kappa shape index (κ2) is 14.0. The summed E-state index contributed by atoms with van der Waals surface area (Å²) in [6, 6.07) is 0.193. The van der Waals surface area contributed by atoms with Gasteiger partial charge in [0.15, 0.2) is 0 Å². The van der Waals surface area contributed by atoms with Crippen LogP contribution in [0.25, 0.3) is 0 Å². The van der Waals surface area contributed by atoms with Crippen molar-refractivity contribution < 1.29 is 19.1 Å². The molecule has 0 aromatic carbocycles. The number of cyclic esters (lactones) is 1. The van der Waals surface area contributed by atoms with Gasteiger partial charge in [-0.2, -0.15) is 0 Å². The smallest absolute Gasteiger partial charge is 0.407 e. The van der Waals surface area contributed by atoms with Gasteiger partial charge >= 0.3 is 12.1 Å². The largest absolute Gasteiger partial charge is 0.469 e. The number of amides is 1. The van der Waals surface area contributed by atoms with E-state index in [1.54, 1.807) is 0 Å². The Kier molecular flexibility index (Phi) is 12.2. The van der Waals surface area contributed by atoms with Gasteiger partial charge in [-0.15, -0.1) is 0 Å². The highest BCUT2D eigenvalue weighted by Crippen LogP contribution is 2.21. The zero-order valence-corrected chi connectivity index (χ0v) is 16.2.